The molecular weight excluding hydrogens is 445 g/mol. The molecule has 1 aliphatic rings. The molecule has 1 N–H and O–H groups in total. The number of aliphatic hydroxyl groups excluding tert-OH is 1. The highest BCUT2D eigenvalue weighted by molar-refractivity contribution is 5.76. The Balaban J connectivity index is 1.41. The summed E-state index contributed by atoms with van der Waals surface area (Å²) in [7, 11) is 1.48. The van der Waals surface area contributed by atoms with Crippen LogP contribution in [0, 0.1) is 23.4 Å². The second-order valence-corrected chi connectivity index (χ2v) is 8.45. The van der Waals surface area contributed by atoms with Crippen molar-refractivity contribution in [2.24, 2.45) is 5.92 Å². The number of hydrogen-bond acceptors (Lipinski definition) is 4. The molecule has 0 spiro atoms. The zero-order valence-corrected chi connectivity index (χ0v) is 18.7. The van der Waals surface area contributed by atoms with Crippen molar-refractivity contribution in [1.29, 1.82) is 0 Å². The van der Waals surface area contributed by atoms with Crippen molar-refractivity contribution in [2.45, 2.75) is 38.2 Å². The Hall–Kier alpha value is -3.32. The number of carbonyl (C=O) groups excluding carboxylic acids is 1. The van der Waals surface area contributed by atoms with Gasteiger partial charge in [0.1, 0.15) is 11.6 Å². The van der Waals surface area contributed by atoms with Gasteiger partial charge in [0, 0.05) is 11.6 Å². The Labute approximate surface area is 196 Å². The van der Waals surface area contributed by atoms with Crippen LogP contribution in [0.5, 0.6) is 11.5 Å². The van der Waals surface area contributed by atoms with Gasteiger partial charge < -0.3 is 14.6 Å². The van der Waals surface area contributed by atoms with Gasteiger partial charge in [-0.1, -0.05) is 30.3 Å². The van der Waals surface area contributed by atoms with Gasteiger partial charge in [-0.3, -0.25) is 4.79 Å². The van der Waals surface area contributed by atoms with Crippen molar-refractivity contribution in [2.75, 3.05) is 7.11 Å². The molecular formula is C27H25F3O4. The first-order valence-corrected chi connectivity index (χ1v) is 11.1. The van der Waals surface area contributed by atoms with E-state index in [1.54, 1.807) is 36.4 Å². The predicted octanol–water partition coefficient (Wildman–Crippen LogP) is 6.15. The molecule has 3 aromatic carbocycles. The number of hydrogen-bond donors (Lipinski definition) is 1. The van der Waals surface area contributed by atoms with Crippen LogP contribution in [0.1, 0.15) is 42.7 Å². The second kappa shape index (κ2) is 10.3. The third kappa shape index (κ3) is 4.94. The number of methoxy groups -OCH3 is 1. The van der Waals surface area contributed by atoms with Crippen molar-refractivity contribution in [3.05, 3.63) is 83.2 Å². The molecule has 1 saturated carbocycles. The Kier molecular flexibility index (Phi) is 7.22. The summed E-state index contributed by atoms with van der Waals surface area (Å²) >= 11 is 0. The van der Waals surface area contributed by atoms with Crippen molar-refractivity contribution < 1.29 is 32.5 Å². The fourth-order valence-electron chi connectivity index (χ4n) is 4.42. The highest BCUT2D eigenvalue weighted by Gasteiger charge is 2.30. The molecule has 34 heavy (non-hydrogen) atoms. The molecule has 4 nitrogen and oxygen atoms in total. The Morgan fingerprint density at radius 1 is 0.941 bits per heavy atom. The maximum absolute atomic E-state index is 14.7. The molecule has 0 atom stereocenters. The van der Waals surface area contributed by atoms with Gasteiger partial charge in [0.25, 0.3) is 0 Å². The van der Waals surface area contributed by atoms with Crippen LogP contribution < -0.4 is 9.47 Å². The molecule has 0 heterocycles. The number of esters is 1. The average Bonchev–Trinajstić information content (AvgIpc) is 2.87. The van der Waals surface area contributed by atoms with Crippen LogP contribution in [0.3, 0.4) is 0 Å². The molecule has 0 unspecified atom stereocenters. The van der Waals surface area contributed by atoms with Crippen LogP contribution in [-0.4, -0.2) is 18.2 Å². The first kappa shape index (κ1) is 23.8. The summed E-state index contributed by atoms with van der Waals surface area (Å²) < 4.78 is 54.0. The zero-order valence-electron chi connectivity index (χ0n) is 18.7. The third-order valence-corrected chi connectivity index (χ3v) is 6.41. The van der Waals surface area contributed by atoms with Gasteiger partial charge in [-0.15, -0.1) is 0 Å². The number of benzene rings is 3. The second-order valence-electron chi connectivity index (χ2n) is 8.45. The zero-order chi connectivity index (χ0) is 24.2. The molecule has 0 aromatic heterocycles. The van der Waals surface area contributed by atoms with E-state index in [-0.39, 0.29) is 23.9 Å². The summed E-state index contributed by atoms with van der Waals surface area (Å²) in [6.45, 7) is -0.150. The molecule has 0 amide bonds. The molecule has 0 bridgehead atoms. The number of carbonyl (C=O) groups is 1. The Morgan fingerprint density at radius 2 is 1.65 bits per heavy atom. The van der Waals surface area contributed by atoms with Crippen LogP contribution in [0.4, 0.5) is 13.2 Å². The minimum absolute atomic E-state index is 0.0272. The minimum Gasteiger partial charge on any atom is -0.497 e. The van der Waals surface area contributed by atoms with E-state index in [1.807, 2.05) is 0 Å². The van der Waals surface area contributed by atoms with Crippen LogP contribution in [0.2, 0.25) is 0 Å². The molecule has 0 radical (unpaired) electrons. The molecule has 0 aliphatic heterocycles. The van der Waals surface area contributed by atoms with Gasteiger partial charge in [0.05, 0.1) is 19.6 Å². The van der Waals surface area contributed by atoms with E-state index in [0.29, 0.717) is 48.1 Å². The van der Waals surface area contributed by atoms with Crippen molar-refractivity contribution in [3.63, 3.8) is 0 Å². The van der Waals surface area contributed by atoms with Gasteiger partial charge in [-0.2, -0.15) is 4.39 Å². The fourth-order valence-corrected chi connectivity index (χ4v) is 4.42. The standard InChI is InChI=1S/C27H25F3O4/c1-33-20-10-11-21(23(28)14-20)17-6-8-19(9-7-17)27(32)34-24-13-12-22(25(29)26(24)30)18-4-2-16(15-31)3-5-18/h2-5,10-14,17,19,31H,6-9,15H2,1H3. The van der Waals surface area contributed by atoms with Gasteiger partial charge in [-0.25, -0.2) is 8.78 Å². The van der Waals surface area contributed by atoms with Gasteiger partial charge in [0.2, 0.25) is 5.82 Å². The summed E-state index contributed by atoms with van der Waals surface area (Å²) in [4.78, 5) is 12.6. The van der Waals surface area contributed by atoms with Gasteiger partial charge >= 0.3 is 5.97 Å². The molecule has 1 aliphatic carbocycles. The average molecular weight is 470 g/mol. The summed E-state index contributed by atoms with van der Waals surface area (Å²) in [6, 6.07) is 13.8. The lowest BCUT2D eigenvalue weighted by atomic mass is 9.78. The summed E-state index contributed by atoms with van der Waals surface area (Å²) in [5.74, 6) is -3.80. The highest BCUT2D eigenvalue weighted by Crippen LogP contribution is 2.38. The maximum atomic E-state index is 14.7. The monoisotopic (exact) mass is 470 g/mol. The molecule has 4 rings (SSSR count). The van der Waals surface area contributed by atoms with E-state index in [1.165, 1.54) is 25.3 Å². The predicted molar refractivity (Wildman–Crippen MR) is 121 cm³/mol. The molecule has 3 aromatic rings. The Morgan fingerprint density at radius 3 is 2.26 bits per heavy atom. The highest BCUT2D eigenvalue weighted by atomic mass is 19.2. The van der Waals surface area contributed by atoms with E-state index >= 15 is 0 Å². The lowest BCUT2D eigenvalue weighted by molar-refractivity contribution is -0.140. The number of aliphatic hydroxyl groups is 1. The summed E-state index contributed by atoms with van der Waals surface area (Å²) in [5.41, 5.74) is 1.71. The van der Waals surface area contributed by atoms with Gasteiger partial charge in [-0.05, 0) is 66.5 Å². The molecule has 1 fully saturated rings. The quantitative estimate of drug-likeness (QED) is 0.347. The van der Waals surface area contributed by atoms with Crippen molar-refractivity contribution >= 4 is 5.97 Å². The largest absolute Gasteiger partial charge is 0.497 e. The summed E-state index contributed by atoms with van der Waals surface area (Å²) in [6.07, 6.45) is 2.11. The smallest absolute Gasteiger partial charge is 0.314 e. The fraction of sp³-hybridized carbons (Fsp3) is 0.296. The van der Waals surface area contributed by atoms with Crippen LogP contribution in [0.25, 0.3) is 11.1 Å². The SMILES string of the molecule is COc1ccc(C2CCC(C(=O)Oc3ccc(-c4ccc(CO)cc4)c(F)c3F)CC2)c(F)c1. The van der Waals surface area contributed by atoms with Crippen LogP contribution >= 0.6 is 0 Å². The molecule has 0 saturated heterocycles. The maximum Gasteiger partial charge on any atom is 0.314 e. The number of halogens is 3. The van der Waals surface area contributed by atoms with Crippen LogP contribution in [-0.2, 0) is 11.4 Å². The minimum atomic E-state index is -1.23. The normalized spacial score (nSPS) is 17.9. The molecule has 7 heteroatoms. The van der Waals surface area contributed by atoms with E-state index in [4.69, 9.17) is 14.6 Å². The van der Waals surface area contributed by atoms with E-state index in [0.717, 1.165) is 0 Å². The number of ether oxygens (including phenoxy) is 2. The first-order chi connectivity index (χ1) is 16.4. The summed E-state index contributed by atoms with van der Waals surface area (Å²) in [5, 5.41) is 9.13. The van der Waals surface area contributed by atoms with Gasteiger partial charge in [0.15, 0.2) is 11.6 Å². The first-order valence-electron chi connectivity index (χ1n) is 11.1. The Bertz CT molecular complexity index is 1170. The van der Waals surface area contributed by atoms with E-state index < -0.39 is 29.3 Å². The van der Waals surface area contributed by atoms with E-state index in [2.05, 4.69) is 0 Å². The van der Waals surface area contributed by atoms with Crippen molar-refractivity contribution in [1.82, 2.24) is 0 Å². The molecule has 178 valence electrons. The lowest BCUT2D eigenvalue weighted by Crippen LogP contribution is -2.25. The van der Waals surface area contributed by atoms with Crippen molar-refractivity contribution in [3.8, 4) is 22.6 Å². The number of rotatable bonds is 6. The topological polar surface area (TPSA) is 55.8 Å². The van der Waals surface area contributed by atoms with E-state index in [9.17, 15) is 18.0 Å². The lowest BCUT2D eigenvalue weighted by Gasteiger charge is -2.27. The third-order valence-electron chi connectivity index (χ3n) is 6.41. The van der Waals surface area contributed by atoms with Crippen LogP contribution in [0.15, 0.2) is 54.6 Å².